The lowest BCUT2D eigenvalue weighted by molar-refractivity contribution is 0.112. The van der Waals surface area contributed by atoms with Gasteiger partial charge in [0.25, 0.3) is 0 Å². The van der Waals surface area contributed by atoms with Crippen LogP contribution in [0.2, 0.25) is 0 Å². The normalized spacial score (nSPS) is 7.20. The topological polar surface area (TPSA) is 111 Å². The maximum atomic E-state index is 10.0. The zero-order valence-corrected chi connectivity index (χ0v) is 4.66. The number of aliphatic imine (C=N–C) groups is 1. The van der Waals surface area contributed by atoms with Crippen LogP contribution in [0.5, 0.6) is 0 Å². The smallest absolute Gasteiger partial charge is 0.349 e. The summed E-state index contributed by atoms with van der Waals surface area (Å²) < 4.78 is 0. The van der Waals surface area contributed by atoms with Gasteiger partial charge in [0.1, 0.15) is 0 Å². The van der Waals surface area contributed by atoms with Crippen molar-refractivity contribution in [3.8, 4) is 0 Å². The van der Waals surface area contributed by atoms with Crippen LogP contribution in [0.25, 0.3) is 0 Å². The highest BCUT2D eigenvalue weighted by molar-refractivity contribution is 5.77. The summed E-state index contributed by atoms with van der Waals surface area (Å²) >= 11 is 0. The quantitative estimate of drug-likeness (QED) is 0.260. The van der Waals surface area contributed by atoms with E-state index in [0.29, 0.717) is 0 Å². The van der Waals surface area contributed by atoms with Crippen LogP contribution in [0.3, 0.4) is 0 Å². The largest absolute Gasteiger partial charge is 0.468 e. The van der Waals surface area contributed by atoms with Gasteiger partial charge in [0.05, 0.1) is 0 Å². The van der Waals surface area contributed by atoms with E-state index in [9.17, 15) is 14.4 Å². The van der Waals surface area contributed by atoms with Crippen molar-refractivity contribution in [1.29, 1.82) is 0 Å². The number of nitrogens with zero attached hydrogens (tertiary/aromatic N) is 1. The summed E-state index contributed by atoms with van der Waals surface area (Å²) in [5.74, 6) is 0. The molecule has 0 atom stereocenters. The third-order valence-corrected chi connectivity index (χ3v) is 0.376. The van der Waals surface area contributed by atoms with Crippen LogP contribution in [0.4, 0.5) is 9.59 Å². The van der Waals surface area contributed by atoms with E-state index < -0.39 is 12.1 Å². The first-order chi connectivity index (χ1) is 4.66. The summed E-state index contributed by atoms with van der Waals surface area (Å²) in [4.78, 5) is 35.4. The van der Waals surface area contributed by atoms with Gasteiger partial charge in [0.15, 0.2) is 0 Å². The molecule has 0 aromatic heterocycles. The van der Waals surface area contributed by atoms with Crippen molar-refractivity contribution in [3.63, 3.8) is 0 Å². The van der Waals surface area contributed by atoms with Crippen LogP contribution < -0.4 is 11.2 Å². The van der Waals surface area contributed by atoms with Crippen LogP contribution in [-0.4, -0.2) is 18.2 Å². The number of carbonyl (C=O) groups is 2. The highest BCUT2D eigenvalue weighted by Crippen LogP contribution is 1.74. The van der Waals surface area contributed by atoms with Gasteiger partial charge in [-0.15, -0.1) is 0 Å². The van der Waals surface area contributed by atoms with E-state index >= 15 is 0 Å². The lowest BCUT2D eigenvalue weighted by Crippen LogP contribution is -2.30. The minimum absolute atomic E-state index is 0.900. The molecule has 0 saturated carbocycles. The van der Waals surface area contributed by atoms with Gasteiger partial charge in [0.2, 0.25) is 6.08 Å². The summed E-state index contributed by atoms with van der Waals surface area (Å²) in [5.41, 5.74) is 5.92. The molecule has 3 N–H and O–H groups in total. The number of hydroxylamine groups is 1. The molecule has 0 aliphatic heterocycles. The Morgan fingerprint density at radius 2 is 2.20 bits per heavy atom. The molecule has 0 radical (unpaired) electrons. The molecule has 3 amide bonds. The van der Waals surface area contributed by atoms with Crippen molar-refractivity contribution in [1.82, 2.24) is 5.48 Å². The van der Waals surface area contributed by atoms with Crippen molar-refractivity contribution < 1.29 is 19.2 Å². The highest BCUT2D eigenvalue weighted by Gasteiger charge is 1.98. The molecule has 0 saturated heterocycles. The lowest BCUT2D eigenvalue weighted by Gasteiger charge is -1.94. The molecular weight excluding hydrogens is 142 g/mol. The molecule has 0 bridgehead atoms. The second-order valence-corrected chi connectivity index (χ2v) is 1.04. The second kappa shape index (κ2) is 4.04. The first-order valence-electron chi connectivity index (χ1n) is 2.01. The van der Waals surface area contributed by atoms with E-state index in [1.54, 1.807) is 0 Å². The highest BCUT2D eigenvalue weighted by atomic mass is 16.7. The Bertz CT molecular complexity index is 194. The van der Waals surface area contributed by atoms with Crippen LogP contribution in [0.15, 0.2) is 4.99 Å². The van der Waals surface area contributed by atoms with Crippen LogP contribution in [0.1, 0.15) is 0 Å². The molecule has 0 aliphatic carbocycles. The maximum Gasteiger partial charge on any atom is 0.468 e. The molecule has 0 spiro atoms. The molecule has 7 nitrogen and oxygen atoms in total. The number of primary amides is 1. The fourth-order valence-electron chi connectivity index (χ4n) is 0.154. The molecule has 0 aromatic rings. The van der Waals surface area contributed by atoms with Crippen LogP contribution >= 0.6 is 0 Å². The first-order valence-corrected chi connectivity index (χ1v) is 2.01. The molecule has 0 heterocycles. The average Bonchev–Trinajstić information content (AvgIpc) is 1.85. The van der Waals surface area contributed by atoms with Gasteiger partial charge in [-0.05, 0) is 0 Å². The Kier molecular flexibility index (Phi) is 3.28. The van der Waals surface area contributed by atoms with E-state index in [-0.39, 0.29) is 0 Å². The van der Waals surface area contributed by atoms with Crippen molar-refractivity contribution in [2.24, 2.45) is 10.7 Å². The number of rotatable bonds is 0. The van der Waals surface area contributed by atoms with Gasteiger partial charge in [0, 0.05) is 0 Å². The Morgan fingerprint density at radius 1 is 1.60 bits per heavy atom. The maximum absolute atomic E-state index is 10.0. The van der Waals surface area contributed by atoms with Crippen molar-refractivity contribution in [3.05, 3.63) is 0 Å². The van der Waals surface area contributed by atoms with Crippen molar-refractivity contribution >= 4 is 18.2 Å². The molecular formula is C3H3N3O4. The molecule has 0 unspecified atom stereocenters. The number of nitrogens with one attached hydrogen (secondary N) is 1. The van der Waals surface area contributed by atoms with Crippen molar-refractivity contribution in [2.75, 3.05) is 0 Å². The van der Waals surface area contributed by atoms with E-state index in [4.69, 9.17) is 0 Å². The Hall–Kier alpha value is -1.88. The number of isocyanates is 1. The summed E-state index contributed by atoms with van der Waals surface area (Å²) in [6, 6.07) is -1.06. The van der Waals surface area contributed by atoms with E-state index in [0.717, 1.165) is 6.08 Å². The molecule has 0 rings (SSSR count). The number of hydrogen-bond acceptors (Lipinski definition) is 4. The van der Waals surface area contributed by atoms with Crippen LogP contribution in [0, 0.1) is 0 Å². The Labute approximate surface area is 54.8 Å². The fraction of sp³-hybridized carbons (Fsp3) is 0. The molecule has 7 heteroatoms. The first kappa shape index (κ1) is 8.12. The van der Waals surface area contributed by atoms with E-state index in [1.807, 2.05) is 0 Å². The van der Waals surface area contributed by atoms with Gasteiger partial charge in [-0.25, -0.2) is 14.4 Å². The predicted octanol–water partition coefficient (Wildman–Crippen LogP) is -0.958. The SMILES string of the molecule is NC(=O)NOC(=O)N=C=O. The molecule has 54 valence electrons. The van der Waals surface area contributed by atoms with Gasteiger partial charge in [-0.3, -0.25) is 0 Å². The number of amides is 3. The Balaban J connectivity index is 3.60. The number of carbonyl (C=O) groups excluding carboxylic acids is 3. The number of nitrogens with two attached hydrogens (primary N) is 1. The monoisotopic (exact) mass is 145 g/mol. The second-order valence-electron chi connectivity index (χ2n) is 1.04. The summed E-state index contributed by atoms with van der Waals surface area (Å²) in [6.07, 6.45) is -0.384. The Morgan fingerprint density at radius 3 is 2.60 bits per heavy atom. The average molecular weight is 145 g/mol. The fourth-order valence-corrected chi connectivity index (χ4v) is 0.154. The molecule has 10 heavy (non-hydrogen) atoms. The standard InChI is InChI=1S/C3H3N3O4/c4-2(8)6-10-3(9)5-1-7/h(H3,4,6,8). The van der Waals surface area contributed by atoms with Crippen LogP contribution in [-0.2, 0) is 9.63 Å². The third kappa shape index (κ3) is 4.28. The molecule has 0 fully saturated rings. The van der Waals surface area contributed by atoms with E-state index in [1.165, 1.54) is 5.48 Å². The van der Waals surface area contributed by atoms with Gasteiger partial charge in [-0.2, -0.15) is 5.48 Å². The molecule has 0 aliphatic rings. The van der Waals surface area contributed by atoms with Gasteiger partial charge < -0.3 is 10.6 Å². The molecule has 0 aromatic carbocycles. The third-order valence-electron chi connectivity index (χ3n) is 0.376. The van der Waals surface area contributed by atoms with Crippen molar-refractivity contribution in [2.45, 2.75) is 0 Å². The zero-order valence-electron chi connectivity index (χ0n) is 4.66. The summed E-state index contributed by atoms with van der Waals surface area (Å²) in [6.45, 7) is 0. The lowest BCUT2D eigenvalue weighted by atomic mass is 11.1. The minimum atomic E-state index is -1.28. The zero-order chi connectivity index (χ0) is 7.98. The number of urea groups is 1. The van der Waals surface area contributed by atoms with Gasteiger partial charge >= 0.3 is 12.1 Å². The predicted molar refractivity (Wildman–Crippen MR) is 27.3 cm³/mol. The van der Waals surface area contributed by atoms with E-state index in [2.05, 4.69) is 15.6 Å². The number of hydrogen-bond donors (Lipinski definition) is 2. The summed E-state index contributed by atoms with van der Waals surface area (Å²) in [5, 5.41) is 0. The minimum Gasteiger partial charge on any atom is -0.349 e. The summed E-state index contributed by atoms with van der Waals surface area (Å²) in [7, 11) is 0. The van der Waals surface area contributed by atoms with Gasteiger partial charge in [-0.1, -0.05) is 4.99 Å².